The number of aryl methyl sites for hydroxylation is 1. The first kappa shape index (κ1) is 20.1. The van der Waals surface area contributed by atoms with Crippen LogP contribution in [-0.2, 0) is 10.3 Å². The smallest absolute Gasteiger partial charge is 0.283 e. The van der Waals surface area contributed by atoms with Crippen LogP contribution in [-0.4, -0.2) is 29.9 Å². The van der Waals surface area contributed by atoms with Crippen molar-refractivity contribution in [3.8, 4) is 6.07 Å². The molecule has 2 heterocycles. The highest BCUT2D eigenvalue weighted by Crippen LogP contribution is 2.40. The fourth-order valence-electron chi connectivity index (χ4n) is 3.07. The van der Waals surface area contributed by atoms with Gasteiger partial charge in [-0.05, 0) is 36.8 Å². The zero-order valence-electron chi connectivity index (χ0n) is 15.2. The molecule has 0 aliphatic carbocycles. The summed E-state index contributed by atoms with van der Waals surface area (Å²) in [6.45, 7) is 1.45. The molecule has 1 unspecified atom stereocenters. The zero-order chi connectivity index (χ0) is 21.2. The van der Waals surface area contributed by atoms with Crippen LogP contribution in [0, 0.1) is 24.1 Å². The van der Waals surface area contributed by atoms with E-state index < -0.39 is 35.3 Å². The first-order valence-corrected chi connectivity index (χ1v) is 8.51. The van der Waals surface area contributed by atoms with Crippen LogP contribution in [0.2, 0.25) is 0 Å². The van der Waals surface area contributed by atoms with E-state index in [1.807, 2.05) is 6.07 Å². The number of alkyl halides is 2. The number of anilines is 1. The molecule has 150 valence electrons. The number of amides is 1. The maximum absolute atomic E-state index is 14.5. The third-order valence-electron chi connectivity index (χ3n) is 4.52. The Hall–Kier alpha value is -3.61. The zero-order valence-corrected chi connectivity index (χ0v) is 15.2. The molecule has 3 N–H and O–H groups in total. The first-order chi connectivity index (χ1) is 13.8. The molecule has 7 nitrogen and oxygen atoms in total. The van der Waals surface area contributed by atoms with Crippen LogP contribution in [0.1, 0.15) is 33.6 Å². The summed E-state index contributed by atoms with van der Waals surface area (Å²) in [6, 6.07) is 6.25. The van der Waals surface area contributed by atoms with Crippen molar-refractivity contribution in [2.45, 2.75) is 25.3 Å². The van der Waals surface area contributed by atoms with Crippen LogP contribution in [0.5, 0.6) is 0 Å². The van der Waals surface area contributed by atoms with Gasteiger partial charge in [0.2, 0.25) is 0 Å². The number of rotatable bonds is 4. The largest absolute Gasteiger partial charge is 0.465 e. The number of amidine groups is 1. The number of halogens is 3. The van der Waals surface area contributed by atoms with Crippen molar-refractivity contribution in [3.05, 3.63) is 58.7 Å². The predicted octanol–water partition coefficient (Wildman–Crippen LogP) is 2.85. The van der Waals surface area contributed by atoms with E-state index in [-0.39, 0.29) is 30.0 Å². The van der Waals surface area contributed by atoms with Gasteiger partial charge in [-0.2, -0.15) is 5.26 Å². The maximum Gasteiger partial charge on any atom is 0.283 e. The normalized spacial score (nSPS) is 18.6. The molecule has 0 fully saturated rings. The number of nitrogens with two attached hydrogens (primary N) is 1. The van der Waals surface area contributed by atoms with Gasteiger partial charge in [0.25, 0.3) is 18.4 Å². The molecule has 3 rings (SSSR count). The summed E-state index contributed by atoms with van der Waals surface area (Å²) < 4.78 is 47.1. The molecule has 0 saturated carbocycles. The third kappa shape index (κ3) is 3.85. The molecular weight excluding hydrogens is 387 g/mol. The summed E-state index contributed by atoms with van der Waals surface area (Å²) in [7, 11) is 0. The Bertz CT molecular complexity index is 1030. The Kier molecular flexibility index (Phi) is 5.41. The molecule has 1 amide bonds. The van der Waals surface area contributed by atoms with Crippen LogP contribution >= 0.6 is 0 Å². The number of carbonyl (C=O) groups is 1. The van der Waals surface area contributed by atoms with Gasteiger partial charge in [-0.15, -0.1) is 0 Å². The molecule has 0 spiro atoms. The fraction of sp³-hybridized carbons (Fsp3) is 0.263. The lowest BCUT2D eigenvalue weighted by molar-refractivity contribution is 0.0247. The molecular formula is C19H16F3N5O2. The Morgan fingerprint density at radius 2 is 2.17 bits per heavy atom. The van der Waals surface area contributed by atoms with E-state index >= 15 is 0 Å². The second kappa shape index (κ2) is 7.79. The average molecular weight is 403 g/mol. The van der Waals surface area contributed by atoms with E-state index in [1.54, 1.807) is 6.92 Å². The molecule has 0 saturated heterocycles. The average Bonchev–Trinajstić information content (AvgIpc) is 2.68. The molecule has 1 aromatic carbocycles. The molecule has 29 heavy (non-hydrogen) atoms. The third-order valence-corrected chi connectivity index (χ3v) is 4.52. The van der Waals surface area contributed by atoms with Crippen LogP contribution in [0.4, 0.5) is 18.9 Å². The van der Waals surface area contributed by atoms with Crippen LogP contribution in [0.15, 0.2) is 35.5 Å². The highest BCUT2D eigenvalue weighted by atomic mass is 19.3. The van der Waals surface area contributed by atoms with Gasteiger partial charge in [-0.3, -0.25) is 4.79 Å². The van der Waals surface area contributed by atoms with Crippen molar-refractivity contribution >= 4 is 17.6 Å². The number of aromatic nitrogens is 1. The topological polar surface area (TPSA) is 113 Å². The van der Waals surface area contributed by atoms with Gasteiger partial charge >= 0.3 is 0 Å². The van der Waals surface area contributed by atoms with E-state index in [1.165, 1.54) is 18.3 Å². The molecule has 0 bridgehead atoms. The standard InChI is InChI=1S/C19H16F3N5O2/c1-10-6-11(8-23)9-25-15(10)16(28)26-12-2-3-14(20)13(7-12)19(17(21)22)4-5-29-18(24)27-19/h2-3,6-7,9,17H,4-5H2,1H3,(H2,24,27)(H,26,28). The van der Waals surface area contributed by atoms with E-state index in [0.29, 0.717) is 5.56 Å². The van der Waals surface area contributed by atoms with E-state index in [9.17, 15) is 18.0 Å². The molecule has 1 aromatic heterocycles. The van der Waals surface area contributed by atoms with Crippen LogP contribution in [0.3, 0.4) is 0 Å². The highest BCUT2D eigenvalue weighted by molar-refractivity contribution is 6.03. The van der Waals surface area contributed by atoms with Gasteiger partial charge in [0, 0.05) is 23.9 Å². The number of carbonyl (C=O) groups excluding carboxylic acids is 1. The summed E-state index contributed by atoms with van der Waals surface area (Å²) in [5, 5.41) is 11.4. The molecule has 2 aromatic rings. The summed E-state index contributed by atoms with van der Waals surface area (Å²) in [6.07, 6.45) is -2.09. The van der Waals surface area contributed by atoms with Gasteiger partial charge in [-0.25, -0.2) is 23.1 Å². The minimum absolute atomic E-state index is 0.0479. The molecule has 1 aliphatic rings. The van der Waals surface area contributed by atoms with Gasteiger partial charge < -0.3 is 15.8 Å². The van der Waals surface area contributed by atoms with Gasteiger partial charge in [0.15, 0.2) is 5.54 Å². The maximum atomic E-state index is 14.5. The second-order valence-corrected chi connectivity index (χ2v) is 6.42. The number of hydrogen-bond donors (Lipinski definition) is 2. The highest BCUT2D eigenvalue weighted by Gasteiger charge is 2.46. The number of nitrogens with one attached hydrogen (secondary N) is 1. The minimum Gasteiger partial charge on any atom is -0.465 e. The Morgan fingerprint density at radius 1 is 1.41 bits per heavy atom. The Balaban J connectivity index is 1.96. The van der Waals surface area contributed by atoms with Crippen molar-refractivity contribution < 1.29 is 22.7 Å². The summed E-state index contributed by atoms with van der Waals surface area (Å²) in [5.41, 5.74) is 3.70. The molecule has 0 radical (unpaired) electrons. The van der Waals surface area contributed by atoms with Crippen LogP contribution in [0.25, 0.3) is 0 Å². The summed E-state index contributed by atoms with van der Waals surface area (Å²) in [5.74, 6) is -1.54. The first-order valence-electron chi connectivity index (χ1n) is 8.51. The van der Waals surface area contributed by atoms with E-state index in [2.05, 4.69) is 15.3 Å². The Morgan fingerprint density at radius 3 is 2.79 bits per heavy atom. The van der Waals surface area contributed by atoms with Gasteiger partial charge in [0.1, 0.15) is 17.6 Å². The molecule has 1 aliphatic heterocycles. The fourth-order valence-corrected chi connectivity index (χ4v) is 3.07. The lowest BCUT2D eigenvalue weighted by Crippen LogP contribution is -2.41. The van der Waals surface area contributed by atoms with Crippen molar-refractivity contribution in [2.24, 2.45) is 10.7 Å². The molecule has 10 heteroatoms. The van der Waals surface area contributed by atoms with Crippen molar-refractivity contribution in [3.63, 3.8) is 0 Å². The van der Waals surface area contributed by atoms with Crippen molar-refractivity contribution in [2.75, 3.05) is 11.9 Å². The van der Waals surface area contributed by atoms with Gasteiger partial charge in [-0.1, -0.05) is 0 Å². The monoisotopic (exact) mass is 403 g/mol. The lowest BCUT2D eigenvalue weighted by Gasteiger charge is -2.33. The number of nitriles is 1. The molecule has 1 atom stereocenters. The van der Waals surface area contributed by atoms with E-state index in [4.69, 9.17) is 15.7 Å². The summed E-state index contributed by atoms with van der Waals surface area (Å²) in [4.78, 5) is 20.1. The lowest BCUT2D eigenvalue weighted by atomic mass is 9.86. The number of benzene rings is 1. The Labute approximate surface area is 164 Å². The number of nitrogens with zero attached hydrogens (tertiary/aromatic N) is 3. The minimum atomic E-state index is -3.05. The van der Waals surface area contributed by atoms with Gasteiger partial charge in [0.05, 0.1) is 12.2 Å². The number of hydrogen-bond acceptors (Lipinski definition) is 6. The number of ether oxygens (including phenoxy) is 1. The van der Waals surface area contributed by atoms with Crippen molar-refractivity contribution in [1.29, 1.82) is 5.26 Å². The predicted molar refractivity (Wildman–Crippen MR) is 97.9 cm³/mol. The van der Waals surface area contributed by atoms with Crippen molar-refractivity contribution in [1.82, 2.24) is 4.98 Å². The van der Waals surface area contributed by atoms with Crippen LogP contribution < -0.4 is 11.1 Å². The second-order valence-electron chi connectivity index (χ2n) is 6.42. The van der Waals surface area contributed by atoms with E-state index in [0.717, 1.165) is 12.1 Å². The number of aliphatic imine (C=N–C) groups is 1. The SMILES string of the molecule is Cc1cc(C#N)cnc1C(=O)Nc1ccc(F)c(C2(C(F)F)CCOC(N)=N2)c1. The number of pyridine rings is 1. The summed E-state index contributed by atoms with van der Waals surface area (Å²) >= 11 is 0. The quantitative estimate of drug-likeness (QED) is 0.815.